The summed E-state index contributed by atoms with van der Waals surface area (Å²) in [6, 6.07) is -1.47. The Balaban J connectivity index is 4.29. The molecule has 0 aromatic heterocycles. The van der Waals surface area contributed by atoms with Crippen LogP contribution in [0.15, 0.2) is 0 Å². The minimum Gasteiger partial charge on any atom is -0.481 e. The van der Waals surface area contributed by atoms with E-state index in [2.05, 4.69) is 14.4 Å². The molecule has 2 unspecified atom stereocenters. The molecule has 0 aliphatic carbocycles. The lowest BCUT2D eigenvalue weighted by Crippen LogP contribution is -2.37. The number of carboxylic acid groups (broad SMARTS) is 1. The van der Waals surface area contributed by atoms with Crippen molar-refractivity contribution in [2.75, 3.05) is 13.2 Å². The fourth-order valence-electron chi connectivity index (χ4n) is 0.928. The zero-order chi connectivity index (χ0) is 15.7. The summed E-state index contributed by atoms with van der Waals surface area (Å²) in [6.07, 6.45) is -2.25. The smallest absolute Gasteiger partial charge is 0.323 e. The molecule has 0 saturated carbocycles. The van der Waals surface area contributed by atoms with E-state index < -0.39 is 53.9 Å². The molecular formula is C7H11N3O10. The molecule has 0 rings (SSSR count). The van der Waals surface area contributed by atoms with Gasteiger partial charge in [0.1, 0.15) is 19.3 Å². The van der Waals surface area contributed by atoms with Crippen molar-refractivity contribution in [2.45, 2.75) is 18.6 Å². The number of rotatable bonds is 10. The van der Waals surface area contributed by atoms with Gasteiger partial charge < -0.3 is 25.3 Å². The van der Waals surface area contributed by atoms with Crippen LogP contribution in [0.5, 0.6) is 0 Å². The van der Waals surface area contributed by atoms with Crippen molar-refractivity contribution in [3.05, 3.63) is 20.2 Å². The summed E-state index contributed by atoms with van der Waals surface area (Å²) in [5.41, 5.74) is 5.16. The van der Waals surface area contributed by atoms with Gasteiger partial charge in [0.25, 0.3) is 10.2 Å². The molecule has 0 heterocycles. The first kappa shape index (κ1) is 17.3. The van der Waals surface area contributed by atoms with Gasteiger partial charge in [-0.05, 0) is 0 Å². The molecule has 13 heteroatoms. The molecule has 20 heavy (non-hydrogen) atoms. The van der Waals surface area contributed by atoms with Gasteiger partial charge in [0, 0.05) is 0 Å². The van der Waals surface area contributed by atoms with E-state index in [1.165, 1.54) is 0 Å². The average Bonchev–Trinajstić information content (AvgIpc) is 2.30. The third-order valence-electron chi connectivity index (χ3n) is 1.71. The van der Waals surface area contributed by atoms with Gasteiger partial charge in [0.05, 0.1) is 6.42 Å². The number of carbonyl (C=O) groups excluding carboxylic acids is 1. The minimum absolute atomic E-state index is 0.703. The number of ether oxygens (including phenoxy) is 1. The number of esters is 1. The molecule has 0 saturated heterocycles. The number of carboxylic acids is 1. The number of nitrogens with zero attached hydrogens (tertiary/aromatic N) is 2. The van der Waals surface area contributed by atoms with Gasteiger partial charge in [-0.2, -0.15) is 0 Å². The second-order valence-corrected chi connectivity index (χ2v) is 3.30. The zero-order valence-electron chi connectivity index (χ0n) is 9.87. The van der Waals surface area contributed by atoms with Gasteiger partial charge in [-0.3, -0.25) is 9.59 Å². The van der Waals surface area contributed by atoms with Crippen molar-refractivity contribution in [2.24, 2.45) is 5.73 Å². The Labute approximate surface area is 110 Å². The van der Waals surface area contributed by atoms with Crippen LogP contribution in [0, 0.1) is 20.2 Å². The van der Waals surface area contributed by atoms with Crippen molar-refractivity contribution in [3.8, 4) is 0 Å². The predicted octanol–water partition coefficient (Wildman–Crippen LogP) is -1.88. The highest BCUT2D eigenvalue weighted by molar-refractivity contribution is 5.81. The van der Waals surface area contributed by atoms with Crippen LogP contribution in [0.1, 0.15) is 6.42 Å². The summed E-state index contributed by atoms with van der Waals surface area (Å²) in [5, 5.41) is 25.9. The van der Waals surface area contributed by atoms with Gasteiger partial charge in [-0.1, -0.05) is 0 Å². The summed E-state index contributed by atoms with van der Waals surface area (Å²) >= 11 is 0. The third kappa shape index (κ3) is 8.40. The Bertz CT molecular complexity index is 385. The Kier molecular flexibility index (Phi) is 7.27. The first-order valence-electron chi connectivity index (χ1n) is 4.94. The van der Waals surface area contributed by atoms with Crippen LogP contribution in [0.4, 0.5) is 0 Å². The largest absolute Gasteiger partial charge is 0.481 e. The van der Waals surface area contributed by atoms with E-state index in [0.717, 1.165) is 0 Å². The molecule has 0 amide bonds. The molecule has 0 bridgehead atoms. The second kappa shape index (κ2) is 8.41. The van der Waals surface area contributed by atoms with Crippen LogP contribution < -0.4 is 5.73 Å². The van der Waals surface area contributed by atoms with E-state index in [4.69, 9.17) is 10.8 Å². The summed E-state index contributed by atoms with van der Waals surface area (Å²) in [4.78, 5) is 49.3. The number of aliphatic carboxylic acids is 1. The van der Waals surface area contributed by atoms with Crippen molar-refractivity contribution in [1.29, 1.82) is 0 Å². The van der Waals surface area contributed by atoms with E-state index in [9.17, 15) is 29.8 Å². The Morgan fingerprint density at radius 2 is 1.80 bits per heavy atom. The lowest BCUT2D eigenvalue weighted by Gasteiger charge is -2.15. The monoisotopic (exact) mass is 297 g/mol. The highest BCUT2D eigenvalue weighted by atomic mass is 17.0. The predicted molar refractivity (Wildman–Crippen MR) is 56.0 cm³/mol. The standard InChI is InChI=1S/C7H11N3O10/c8-5(1-6(11)12)7(13)18-2-4(20-10(16)17)3-19-9(14)15/h4-5H,1-3,8H2,(H,11,12). The van der Waals surface area contributed by atoms with Gasteiger partial charge in [0.2, 0.25) is 0 Å². The number of hydrogen-bond acceptors (Lipinski definition) is 10. The van der Waals surface area contributed by atoms with Crippen LogP contribution in [0.25, 0.3) is 0 Å². The Hall–Kier alpha value is -2.70. The van der Waals surface area contributed by atoms with Gasteiger partial charge in [0.15, 0.2) is 6.10 Å². The normalized spacial score (nSPS) is 12.8. The quantitative estimate of drug-likeness (QED) is 0.260. The van der Waals surface area contributed by atoms with Crippen molar-refractivity contribution in [3.63, 3.8) is 0 Å². The molecular weight excluding hydrogens is 286 g/mol. The van der Waals surface area contributed by atoms with Gasteiger partial charge >= 0.3 is 11.9 Å². The maximum Gasteiger partial charge on any atom is 0.323 e. The van der Waals surface area contributed by atoms with Crippen LogP contribution >= 0.6 is 0 Å². The maximum absolute atomic E-state index is 11.2. The first-order valence-corrected chi connectivity index (χ1v) is 4.94. The number of nitrogens with two attached hydrogens (primary N) is 1. The molecule has 0 fully saturated rings. The van der Waals surface area contributed by atoms with Gasteiger partial charge in [-0.15, -0.1) is 20.2 Å². The highest BCUT2D eigenvalue weighted by Gasteiger charge is 2.22. The lowest BCUT2D eigenvalue weighted by atomic mass is 10.2. The molecule has 3 N–H and O–H groups in total. The van der Waals surface area contributed by atoms with E-state index in [1.807, 2.05) is 0 Å². The van der Waals surface area contributed by atoms with Crippen molar-refractivity contribution < 1.29 is 39.3 Å². The number of hydrogen-bond donors (Lipinski definition) is 2. The molecule has 0 aliphatic heterocycles. The van der Waals surface area contributed by atoms with Crippen LogP contribution in [0.3, 0.4) is 0 Å². The topological polar surface area (TPSA) is 194 Å². The number of carbonyl (C=O) groups is 2. The molecule has 114 valence electrons. The first-order chi connectivity index (χ1) is 9.22. The molecule has 0 aromatic rings. The lowest BCUT2D eigenvalue weighted by molar-refractivity contribution is -0.790. The molecule has 0 aromatic carbocycles. The van der Waals surface area contributed by atoms with E-state index in [-0.39, 0.29) is 0 Å². The molecule has 13 nitrogen and oxygen atoms in total. The van der Waals surface area contributed by atoms with Crippen LogP contribution in [-0.4, -0.2) is 52.6 Å². The van der Waals surface area contributed by atoms with E-state index in [1.54, 1.807) is 0 Å². The Morgan fingerprint density at radius 1 is 1.20 bits per heavy atom. The highest BCUT2D eigenvalue weighted by Crippen LogP contribution is 1.99. The fraction of sp³-hybridized carbons (Fsp3) is 0.714. The van der Waals surface area contributed by atoms with E-state index >= 15 is 0 Å². The van der Waals surface area contributed by atoms with Crippen LogP contribution in [0.2, 0.25) is 0 Å². The molecule has 0 aliphatic rings. The third-order valence-corrected chi connectivity index (χ3v) is 1.71. The zero-order valence-corrected chi connectivity index (χ0v) is 9.87. The molecule has 2 atom stereocenters. The molecule has 0 radical (unpaired) electrons. The van der Waals surface area contributed by atoms with E-state index in [0.29, 0.717) is 0 Å². The van der Waals surface area contributed by atoms with Crippen molar-refractivity contribution in [1.82, 2.24) is 0 Å². The van der Waals surface area contributed by atoms with Crippen molar-refractivity contribution >= 4 is 11.9 Å². The fourth-order valence-corrected chi connectivity index (χ4v) is 0.928. The van der Waals surface area contributed by atoms with Crippen LogP contribution in [-0.2, 0) is 24.0 Å². The minimum atomic E-state index is -1.55. The molecule has 0 spiro atoms. The van der Waals surface area contributed by atoms with Gasteiger partial charge in [-0.25, -0.2) is 0 Å². The second-order valence-electron chi connectivity index (χ2n) is 3.30. The summed E-state index contributed by atoms with van der Waals surface area (Å²) in [7, 11) is 0. The summed E-state index contributed by atoms with van der Waals surface area (Å²) < 4.78 is 4.44. The Morgan fingerprint density at radius 3 is 2.25 bits per heavy atom. The SMILES string of the molecule is NC(CC(=O)O)C(=O)OCC(CO[N+](=O)[O-])O[N+](=O)[O-]. The average molecular weight is 297 g/mol. The summed E-state index contributed by atoms with van der Waals surface area (Å²) in [5.74, 6) is -2.49. The maximum atomic E-state index is 11.2. The summed E-state index contributed by atoms with van der Waals surface area (Å²) in [6.45, 7) is -1.61.